The van der Waals surface area contributed by atoms with Gasteiger partial charge < -0.3 is 20.3 Å². The molecule has 0 aromatic heterocycles. The van der Waals surface area contributed by atoms with Crippen LogP contribution in [0.4, 0.5) is 0 Å². The van der Waals surface area contributed by atoms with Crippen LogP contribution in [-0.4, -0.2) is 54.8 Å². The highest BCUT2D eigenvalue weighted by atomic mass is 32.1. The molecule has 0 saturated carbocycles. The molecule has 5 nitrogen and oxygen atoms in total. The number of hydrogen-bond donors (Lipinski definition) is 2. The zero-order valence-electron chi connectivity index (χ0n) is 11.4. The van der Waals surface area contributed by atoms with E-state index in [-0.39, 0.29) is 18.0 Å². The number of ether oxygens (including phenoxy) is 1. The summed E-state index contributed by atoms with van der Waals surface area (Å²) in [5, 5.41) is 6.60. The van der Waals surface area contributed by atoms with Crippen molar-refractivity contribution in [3.05, 3.63) is 0 Å². The van der Waals surface area contributed by atoms with E-state index in [0.717, 1.165) is 25.9 Å². The Balaban J connectivity index is 2.31. The summed E-state index contributed by atoms with van der Waals surface area (Å²) in [4.78, 5) is 13.9. The minimum atomic E-state index is -0.280. The van der Waals surface area contributed by atoms with Crippen LogP contribution in [0, 0.1) is 0 Å². The van der Waals surface area contributed by atoms with E-state index in [1.165, 1.54) is 0 Å². The first kappa shape index (κ1) is 15.2. The average Bonchev–Trinajstić information content (AvgIpc) is 2.81. The lowest BCUT2D eigenvalue weighted by atomic mass is 10.3. The van der Waals surface area contributed by atoms with Gasteiger partial charge in [-0.25, -0.2) is 0 Å². The molecule has 2 atom stereocenters. The van der Waals surface area contributed by atoms with Crippen LogP contribution >= 0.6 is 12.2 Å². The van der Waals surface area contributed by atoms with Crippen molar-refractivity contribution in [2.45, 2.75) is 38.8 Å². The average molecular weight is 273 g/mol. The van der Waals surface area contributed by atoms with E-state index in [1.807, 2.05) is 18.7 Å². The molecule has 1 aliphatic rings. The molecule has 1 amide bonds. The summed E-state index contributed by atoms with van der Waals surface area (Å²) in [5.41, 5.74) is 0. The molecule has 1 heterocycles. The van der Waals surface area contributed by atoms with Crippen LogP contribution < -0.4 is 10.6 Å². The van der Waals surface area contributed by atoms with Crippen molar-refractivity contribution in [3.63, 3.8) is 0 Å². The zero-order valence-corrected chi connectivity index (χ0v) is 12.2. The molecular formula is C12H23N3O2S. The number of hydrogen-bond acceptors (Lipinski definition) is 3. The Hall–Kier alpha value is -0.880. The normalized spacial score (nSPS) is 18.3. The van der Waals surface area contributed by atoms with Gasteiger partial charge in [0.2, 0.25) is 5.91 Å². The van der Waals surface area contributed by atoms with Crippen LogP contribution in [-0.2, 0) is 9.53 Å². The summed E-state index contributed by atoms with van der Waals surface area (Å²) >= 11 is 5.17. The maximum atomic E-state index is 12.0. The second kappa shape index (κ2) is 7.53. The summed E-state index contributed by atoms with van der Waals surface area (Å²) in [7, 11) is 1.65. The van der Waals surface area contributed by atoms with E-state index >= 15 is 0 Å². The number of nitrogens with one attached hydrogen (secondary N) is 2. The van der Waals surface area contributed by atoms with E-state index in [0.29, 0.717) is 11.7 Å². The second-order valence-electron chi connectivity index (χ2n) is 4.73. The third-order valence-corrected chi connectivity index (χ3v) is 3.17. The molecule has 1 rings (SSSR count). The number of amides is 1. The fraction of sp³-hybridized carbons (Fsp3) is 0.833. The molecule has 0 bridgehead atoms. The van der Waals surface area contributed by atoms with Gasteiger partial charge >= 0.3 is 0 Å². The molecule has 1 aliphatic heterocycles. The van der Waals surface area contributed by atoms with Gasteiger partial charge in [0.1, 0.15) is 6.04 Å². The highest BCUT2D eigenvalue weighted by Gasteiger charge is 2.23. The van der Waals surface area contributed by atoms with Gasteiger partial charge in [-0.1, -0.05) is 0 Å². The van der Waals surface area contributed by atoms with E-state index in [4.69, 9.17) is 17.0 Å². The van der Waals surface area contributed by atoms with Crippen molar-refractivity contribution >= 4 is 23.2 Å². The Morgan fingerprint density at radius 1 is 1.33 bits per heavy atom. The number of rotatable bonds is 5. The van der Waals surface area contributed by atoms with Gasteiger partial charge in [-0.2, -0.15) is 0 Å². The van der Waals surface area contributed by atoms with E-state index < -0.39 is 0 Å². The van der Waals surface area contributed by atoms with Crippen LogP contribution in [0.3, 0.4) is 0 Å². The second-order valence-corrected chi connectivity index (χ2v) is 5.14. The lowest BCUT2D eigenvalue weighted by Crippen LogP contribution is -2.51. The molecule has 104 valence electrons. The van der Waals surface area contributed by atoms with Crippen LogP contribution in [0.15, 0.2) is 0 Å². The van der Waals surface area contributed by atoms with E-state index in [1.54, 1.807) is 7.11 Å². The first-order chi connectivity index (χ1) is 8.54. The van der Waals surface area contributed by atoms with Crippen molar-refractivity contribution in [2.24, 2.45) is 0 Å². The molecule has 0 aromatic rings. The lowest BCUT2D eigenvalue weighted by molar-refractivity contribution is -0.131. The Labute approximate surface area is 114 Å². The first-order valence-corrected chi connectivity index (χ1v) is 6.80. The largest absolute Gasteiger partial charge is 0.383 e. The number of methoxy groups -OCH3 is 1. The maximum absolute atomic E-state index is 12.0. The van der Waals surface area contributed by atoms with Gasteiger partial charge in [-0.05, 0) is 38.9 Å². The number of carbonyl (C=O) groups excluding carboxylic acids is 1. The summed E-state index contributed by atoms with van der Waals surface area (Å²) < 4.78 is 5.01. The van der Waals surface area contributed by atoms with Gasteiger partial charge in [0.05, 0.1) is 6.61 Å². The predicted molar refractivity (Wildman–Crippen MR) is 75.5 cm³/mol. The third-order valence-electron chi connectivity index (χ3n) is 2.93. The minimum absolute atomic E-state index is 0.121. The standard InChI is InChI=1S/C12H23N3O2S/c1-9(8-17-3)13-12(18)14-10(2)11(16)15-6-4-5-7-15/h9-10H,4-8H2,1-3H3,(H2,13,14,18). The topological polar surface area (TPSA) is 53.6 Å². The van der Waals surface area contributed by atoms with Crippen LogP contribution in [0.5, 0.6) is 0 Å². The molecule has 6 heteroatoms. The molecule has 1 saturated heterocycles. The number of carbonyl (C=O) groups is 1. The van der Waals surface area contributed by atoms with Crippen molar-refractivity contribution in [3.8, 4) is 0 Å². The van der Waals surface area contributed by atoms with Gasteiger partial charge in [0, 0.05) is 26.2 Å². The van der Waals surface area contributed by atoms with Crippen LogP contribution in [0.2, 0.25) is 0 Å². The molecule has 2 N–H and O–H groups in total. The monoisotopic (exact) mass is 273 g/mol. The number of nitrogens with zero attached hydrogens (tertiary/aromatic N) is 1. The first-order valence-electron chi connectivity index (χ1n) is 6.39. The summed E-state index contributed by atoms with van der Waals surface area (Å²) in [6.45, 7) is 6.13. The molecule has 0 aliphatic carbocycles. The minimum Gasteiger partial charge on any atom is -0.383 e. The maximum Gasteiger partial charge on any atom is 0.244 e. The van der Waals surface area contributed by atoms with Crippen molar-refractivity contribution in [2.75, 3.05) is 26.8 Å². The molecule has 1 fully saturated rings. The fourth-order valence-corrected chi connectivity index (χ4v) is 2.40. The van der Waals surface area contributed by atoms with Crippen molar-refractivity contribution in [1.82, 2.24) is 15.5 Å². The molecule has 0 aromatic carbocycles. The molecule has 18 heavy (non-hydrogen) atoms. The molecule has 2 unspecified atom stereocenters. The summed E-state index contributed by atoms with van der Waals surface area (Å²) in [5.74, 6) is 0.121. The molecular weight excluding hydrogens is 250 g/mol. The highest BCUT2D eigenvalue weighted by molar-refractivity contribution is 7.80. The quantitative estimate of drug-likeness (QED) is 0.714. The van der Waals surface area contributed by atoms with E-state index in [9.17, 15) is 4.79 Å². The van der Waals surface area contributed by atoms with Crippen LogP contribution in [0.1, 0.15) is 26.7 Å². The van der Waals surface area contributed by atoms with Crippen molar-refractivity contribution in [1.29, 1.82) is 0 Å². The predicted octanol–water partition coefficient (Wildman–Crippen LogP) is 0.496. The number of thiocarbonyl (C=S) groups is 1. The SMILES string of the molecule is COCC(C)NC(=S)NC(C)C(=O)N1CCCC1. The lowest BCUT2D eigenvalue weighted by Gasteiger charge is -2.23. The van der Waals surface area contributed by atoms with Gasteiger partial charge in [-0.15, -0.1) is 0 Å². The Morgan fingerprint density at radius 3 is 2.50 bits per heavy atom. The Morgan fingerprint density at radius 2 is 1.94 bits per heavy atom. The van der Waals surface area contributed by atoms with Gasteiger partial charge in [0.25, 0.3) is 0 Å². The van der Waals surface area contributed by atoms with Crippen molar-refractivity contribution < 1.29 is 9.53 Å². The Bertz CT molecular complexity index is 293. The smallest absolute Gasteiger partial charge is 0.244 e. The Kier molecular flexibility index (Phi) is 6.35. The van der Waals surface area contributed by atoms with Crippen LogP contribution in [0.25, 0.3) is 0 Å². The number of likely N-dealkylation sites (tertiary alicyclic amines) is 1. The molecule has 0 radical (unpaired) electrons. The van der Waals surface area contributed by atoms with Gasteiger partial charge in [-0.3, -0.25) is 4.79 Å². The summed E-state index contributed by atoms with van der Waals surface area (Å²) in [6.07, 6.45) is 2.21. The summed E-state index contributed by atoms with van der Waals surface area (Å²) in [6, 6.07) is -0.151. The third kappa shape index (κ3) is 4.78. The van der Waals surface area contributed by atoms with Gasteiger partial charge in [0.15, 0.2) is 5.11 Å². The fourth-order valence-electron chi connectivity index (χ4n) is 2.03. The highest BCUT2D eigenvalue weighted by Crippen LogP contribution is 2.08. The van der Waals surface area contributed by atoms with E-state index in [2.05, 4.69) is 10.6 Å². The zero-order chi connectivity index (χ0) is 13.5. The molecule has 0 spiro atoms.